The molecule has 12 nitrogen and oxygen atoms in total. The highest BCUT2D eigenvalue weighted by Gasteiger charge is 2.35. The Bertz CT molecular complexity index is 1210. The number of amides is 4. The Labute approximate surface area is 234 Å². The van der Waals surface area contributed by atoms with Crippen LogP contribution in [-0.2, 0) is 9.53 Å². The number of aromatic nitrogens is 1. The number of benzene rings is 1. The summed E-state index contributed by atoms with van der Waals surface area (Å²) in [5.74, 6) is -0.127. The molecule has 0 saturated carbocycles. The van der Waals surface area contributed by atoms with Crippen molar-refractivity contribution in [1.29, 1.82) is 0 Å². The van der Waals surface area contributed by atoms with Gasteiger partial charge in [-0.15, -0.1) is 0 Å². The molecule has 3 atom stereocenters. The van der Waals surface area contributed by atoms with Crippen LogP contribution in [0.3, 0.4) is 0 Å². The maximum absolute atomic E-state index is 13.7. The largest absolute Gasteiger partial charge is 0.485 e. The summed E-state index contributed by atoms with van der Waals surface area (Å²) in [5, 5.41) is 19.6. The number of nitrogens with one attached hydrogen (secondary N) is 2. The van der Waals surface area contributed by atoms with E-state index in [1.54, 1.807) is 50.9 Å². The second-order valence-electron chi connectivity index (χ2n) is 10.7. The van der Waals surface area contributed by atoms with Crippen molar-refractivity contribution in [3.05, 3.63) is 35.2 Å². The summed E-state index contributed by atoms with van der Waals surface area (Å²) < 4.78 is 17.0. The lowest BCUT2D eigenvalue weighted by atomic mass is 9.98. The van der Waals surface area contributed by atoms with Crippen LogP contribution in [0, 0.1) is 25.7 Å². The van der Waals surface area contributed by atoms with E-state index in [1.807, 2.05) is 6.92 Å². The van der Waals surface area contributed by atoms with E-state index in [-0.39, 0.29) is 54.1 Å². The van der Waals surface area contributed by atoms with Crippen LogP contribution in [0.1, 0.15) is 48.5 Å². The average molecular weight is 558 g/mol. The SMILES string of the molecule is Cc1noc(C)c1NC(=O)N(C)C[C@@H]1Oc2c(NC(=O)C3CCOCC3)cccc2C(=O)N([C@H](C)CO)C[C@H]1C. The fraction of sp³-hybridized carbons (Fsp3) is 0.571. The van der Waals surface area contributed by atoms with Crippen LogP contribution in [0.5, 0.6) is 5.75 Å². The fourth-order valence-electron chi connectivity index (χ4n) is 4.97. The summed E-state index contributed by atoms with van der Waals surface area (Å²) in [6, 6.07) is 4.25. The normalized spacial score (nSPS) is 20.6. The van der Waals surface area contributed by atoms with Crippen molar-refractivity contribution in [1.82, 2.24) is 15.0 Å². The molecule has 1 aromatic carbocycles. The molecule has 2 aromatic rings. The molecule has 0 aliphatic carbocycles. The Balaban J connectivity index is 1.63. The molecule has 1 aromatic heterocycles. The lowest BCUT2D eigenvalue weighted by Gasteiger charge is -2.38. The Morgan fingerprint density at radius 1 is 1.23 bits per heavy atom. The second kappa shape index (κ2) is 12.7. The molecule has 3 N–H and O–H groups in total. The number of para-hydroxylation sites is 1. The molecule has 0 radical (unpaired) electrons. The minimum absolute atomic E-state index is 0.157. The quantitative estimate of drug-likeness (QED) is 0.471. The minimum Gasteiger partial charge on any atom is -0.485 e. The van der Waals surface area contributed by atoms with Gasteiger partial charge >= 0.3 is 6.03 Å². The first kappa shape index (κ1) is 29.3. The molecule has 0 spiro atoms. The number of likely N-dealkylation sites (N-methyl/N-ethyl adjacent to an activating group) is 1. The van der Waals surface area contributed by atoms with Crippen LogP contribution >= 0.6 is 0 Å². The minimum atomic E-state index is -0.540. The predicted octanol–water partition coefficient (Wildman–Crippen LogP) is 3.04. The van der Waals surface area contributed by atoms with Gasteiger partial charge in [0.2, 0.25) is 5.91 Å². The van der Waals surface area contributed by atoms with Crippen molar-refractivity contribution in [3.63, 3.8) is 0 Å². The van der Waals surface area contributed by atoms with Gasteiger partial charge in [-0.2, -0.15) is 0 Å². The molecule has 1 fully saturated rings. The topological polar surface area (TPSA) is 146 Å². The first-order valence-electron chi connectivity index (χ1n) is 13.7. The highest BCUT2D eigenvalue weighted by atomic mass is 16.5. The monoisotopic (exact) mass is 557 g/mol. The molecule has 12 heteroatoms. The van der Waals surface area contributed by atoms with Gasteiger partial charge < -0.3 is 39.5 Å². The Hall–Kier alpha value is -3.64. The van der Waals surface area contributed by atoms with Crippen molar-refractivity contribution < 1.29 is 33.5 Å². The number of aliphatic hydroxyl groups excluding tert-OH is 1. The van der Waals surface area contributed by atoms with Crippen LogP contribution in [0.15, 0.2) is 22.7 Å². The standard InChI is InChI=1S/C28H39N5O7/c1-16-13-33(17(2)15-34)27(36)21-7-6-8-22(29-26(35)20-9-11-38-12-10-20)25(21)39-23(16)14-32(5)28(37)30-24-18(3)31-40-19(24)4/h6-8,16-17,20,23,34H,9-15H2,1-5H3,(H,29,35)(H,30,37)/t16-,17-,23+/m1/s1. The maximum atomic E-state index is 13.7. The molecule has 1 saturated heterocycles. The third-order valence-corrected chi connectivity index (χ3v) is 7.61. The summed E-state index contributed by atoms with van der Waals surface area (Å²) in [6.45, 7) is 8.51. The van der Waals surface area contributed by atoms with Gasteiger partial charge in [0.15, 0.2) is 11.5 Å². The fourth-order valence-corrected chi connectivity index (χ4v) is 4.97. The van der Waals surface area contributed by atoms with Crippen molar-refractivity contribution in [2.75, 3.05) is 50.6 Å². The van der Waals surface area contributed by atoms with Gasteiger partial charge in [-0.25, -0.2) is 4.79 Å². The van der Waals surface area contributed by atoms with Gasteiger partial charge in [0.05, 0.1) is 30.4 Å². The number of carbonyl (C=O) groups is 3. The van der Waals surface area contributed by atoms with Crippen LogP contribution in [0.25, 0.3) is 0 Å². The molecular weight excluding hydrogens is 518 g/mol. The van der Waals surface area contributed by atoms with E-state index >= 15 is 0 Å². The number of fused-ring (bicyclic) bond motifs is 1. The Morgan fingerprint density at radius 3 is 2.60 bits per heavy atom. The summed E-state index contributed by atoms with van der Waals surface area (Å²) in [5.41, 5.74) is 1.76. The summed E-state index contributed by atoms with van der Waals surface area (Å²) in [7, 11) is 1.65. The number of hydrogen-bond donors (Lipinski definition) is 3. The number of aliphatic hydroxyl groups is 1. The number of urea groups is 1. The third-order valence-electron chi connectivity index (χ3n) is 7.61. The number of carbonyl (C=O) groups excluding carboxylic acids is 3. The zero-order chi connectivity index (χ0) is 29.0. The van der Waals surface area contributed by atoms with E-state index in [9.17, 15) is 19.5 Å². The van der Waals surface area contributed by atoms with Crippen molar-refractivity contribution >= 4 is 29.2 Å². The highest BCUT2D eigenvalue weighted by Crippen LogP contribution is 2.35. The first-order chi connectivity index (χ1) is 19.1. The average Bonchev–Trinajstić information content (AvgIpc) is 3.27. The molecule has 4 amide bonds. The van der Waals surface area contributed by atoms with E-state index in [0.29, 0.717) is 55.4 Å². The van der Waals surface area contributed by atoms with Crippen LogP contribution in [-0.4, -0.2) is 90.0 Å². The summed E-state index contributed by atoms with van der Waals surface area (Å²) in [4.78, 5) is 43.0. The van der Waals surface area contributed by atoms with E-state index in [1.165, 1.54) is 4.90 Å². The van der Waals surface area contributed by atoms with Gasteiger partial charge in [0.1, 0.15) is 17.5 Å². The smallest absolute Gasteiger partial charge is 0.321 e. The van der Waals surface area contributed by atoms with Crippen LogP contribution in [0.2, 0.25) is 0 Å². The van der Waals surface area contributed by atoms with Crippen LogP contribution < -0.4 is 15.4 Å². The van der Waals surface area contributed by atoms with Crippen molar-refractivity contribution in [2.24, 2.45) is 11.8 Å². The number of nitrogens with zero attached hydrogens (tertiary/aromatic N) is 3. The summed E-state index contributed by atoms with van der Waals surface area (Å²) in [6.07, 6.45) is 0.696. The maximum Gasteiger partial charge on any atom is 0.321 e. The van der Waals surface area contributed by atoms with Crippen molar-refractivity contribution in [3.8, 4) is 5.75 Å². The number of rotatable bonds is 7. The van der Waals surface area contributed by atoms with Gasteiger partial charge in [0.25, 0.3) is 5.91 Å². The molecule has 0 bridgehead atoms. The molecular formula is C28H39N5O7. The molecule has 3 heterocycles. The molecule has 218 valence electrons. The zero-order valence-corrected chi connectivity index (χ0v) is 23.7. The Morgan fingerprint density at radius 2 is 1.95 bits per heavy atom. The van der Waals surface area contributed by atoms with Gasteiger partial charge in [-0.3, -0.25) is 9.59 Å². The van der Waals surface area contributed by atoms with Gasteiger partial charge in [-0.1, -0.05) is 18.1 Å². The zero-order valence-electron chi connectivity index (χ0n) is 23.7. The molecule has 2 aliphatic heterocycles. The van der Waals surface area contributed by atoms with E-state index in [4.69, 9.17) is 14.0 Å². The van der Waals surface area contributed by atoms with Crippen molar-refractivity contribution in [2.45, 2.75) is 52.7 Å². The van der Waals surface area contributed by atoms with E-state index in [2.05, 4.69) is 15.8 Å². The molecule has 40 heavy (non-hydrogen) atoms. The number of hydrogen-bond acceptors (Lipinski definition) is 8. The Kier molecular flexibility index (Phi) is 9.31. The molecule has 2 aliphatic rings. The molecule has 4 rings (SSSR count). The van der Waals surface area contributed by atoms with E-state index < -0.39 is 12.1 Å². The van der Waals surface area contributed by atoms with E-state index in [0.717, 1.165) is 0 Å². The second-order valence-corrected chi connectivity index (χ2v) is 10.7. The predicted molar refractivity (Wildman–Crippen MR) is 147 cm³/mol. The number of ether oxygens (including phenoxy) is 2. The highest BCUT2D eigenvalue weighted by molar-refractivity contribution is 6.02. The molecule has 0 unspecified atom stereocenters. The van der Waals surface area contributed by atoms with Gasteiger partial charge in [0, 0.05) is 38.6 Å². The first-order valence-corrected chi connectivity index (χ1v) is 13.7. The number of anilines is 2. The lowest BCUT2D eigenvalue weighted by Crippen LogP contribution is -2.50. The number of aryl methyl sites for hydroxylation is 2. The third kappa shape index (κ3) is 6.39. The van der Waals surface area contributed by atoms with Gasteiger partial charge in [-0.05, 0) is 45.7 Å². The summed E-state index contributed by atoms with van der Waals surface area (Å²) >= 11 is 0. The van der Waals surface area contributed by atoms with Crippen LogP contribution in [0.4, 0.5) is 16.2 Å². The lowest BCUT2D eigenvalue weighted by molar-refractivity contribution is -0.122.